The second-order valence-corrected chi connectivity index (χ2v) is 5.69. The van der Waals surface area contributed by atoms with Gasteiger partial charge in [0.25, 0.3) is 0 Å². The van der Waals surface area contributed by atoms with Gasteiger partial charge in [-0.3, -0.25) is 4.98 Å². The van der Waals surface area contributed by atoms with Crippen molar-refractivity contribution >= 4 is 23.2 Å². The average Bonchev–Trinajstić information content (AvgIpc) is 2.99. The molecule has 0 aliphatic rings. The van der Waals surface area contributed by atoms with Crippen LogP contribution >= 0.6 is 23.2 Å². The van der Waals surface area contributed by atoms with Crippen LogP contribution in [0.25, 0.3) is 11.3 Å². The van der Waals surface area contributed by atoms with Gasteiger partial charge in [0.15, 0.2) is 0 Å². The van der Waals surface area contributed by atoms with Crippen LogP contribution in [-0.4, -0.2) is 4.98 Å². The summed E-state index contributed by atoms with van der Waals surface area (Å²) in [6.45, 7) is 1.40. The van der Waals surface area contributed by atoms with E-state index in [2.05, 4.69) is 10.3 Å². The molecule has 1 aromatic carbocycles. The average molecular weight is 404 g/mol. The lowest BCUT2D eigenvalue weighted by atomic mass is 10.2. The molecule has 2 heterocycles. The fraction of sp³-hybridized carbons (Fsp3) is 0.118. The zero-order chi connectivity index (χ0) is 15.4. The Morgan fingerprint density at radius 1 is 0.917 bits per heavy atom. The van der Waals surface area contributed by atoms with Gasteiger partial charge < -0.3 is 34.5 Å². The van der Waals surface area contributed by atoms with E-state index in [0.717, 1.165) is 17.9 Å². The largest absolute Gasteiger partial charge is 1.00 e. The molecule has 0 aliphatic heterocycles. The number of nitrogens with one attached hydrogen (secondary N) is 1. The summed E-state index contributed by atoms with van der Waals surface area (Å²) in [6, 6.07) is 13.1. The van der Waals surface area contributed by atoms with Gasteiger partial charge >= 0.3 is 0 Å². The molecule has 128 valence electrons. The van der Waals surface area contributed by atoms with Crippen LogP contribution in [0.3, 0.4) is 0 Å². The van der Waals surface area contributed by atoms with E-state index < -0.39 is 0 Å². The van der Waals surface area contributed by atoms with Crippen molar-refractivity contribution in [1.29, 1.82) is 0 Å². The molecule has 3 aromatic rings. The summed E-state index contributed by atoms with van der Waals surface area (Å²) in [5.41, 5.74) is 1.98. The van der Waals surface area contributed by atoms with E-state index in [9.17, 15) is 0 Å². The van der Waals surface area contributed by atoms with Gasteiger partial charge in [-0.25, -0.2) is 0 Å². The van der Waals surface area contributed by atoms with Crippen molar-refractivity contribution in [3.63, 3.8) is 0 Å². The van der Waals surface area contributed by atoms with Crippen molar-refractivity contribution in [2.24, 2.45) is 0 Å². The maximum Gasteiger partial charge on any atom is 0.135 e. The van der Waals surface area contributed by atoms with E-state index in [-0.39, 0.29) is 24.8 Å². The quantitative estimate of drug-likeness (QED) is 0.590. The van der Waals surface area contributed by atoms with Gasteiger partial charge in [-0.2, -0.15) is 0 Å². The lowest BCUT2D eigenvalue weighted by Gasteiger charge is -2.03. The molecule has 7 heteroatoms. The number of halogens is 4. The summed E-state index contributed by atoms with van der Waals surface area (Å²) >= 11 is 12.2. The van der Waals surface area contributed by atoms with Gasteiger partial charge in [0.2, 0.25) is 0 Å². The zero-order valence-corrected chi connectivity index (χ0v) is 15.5. The Labute approximate surface area is 163 Å². The lowest BCUT2D eigenvalue weighted by Crippen LogP contribution is -3.00. The molecular formula is C17H14Cl4N2O-2. The molecule has 0 radical (unpaired) electrons. The molecule has 0 aliphatic carbocycles. The minimum atomic E-state index is 0. The summed E-state index contributed by atoms with van der Waals surface area (Å²) in [6.07, 6.45) is 3.56. The van der Waals surface area contributed by atoms with Crippen molar-refractivity contribution in [3.8, 4) is 11.3 Å². The number of furan rings is 1. The van der Waals surface area contributed by atoms with E-state index in [1.54, 1.807) is 30.6 Å². The van der Waals surface area contributed by atoms with Gasteiger partial charge in [-0.1, -0.05) is 23.2 Å². The Balaban J connectivity index is 0.00000144. The zero-order valence-electron chi connectivity index (χ0n) is 12.5. The number of pyridine rings is 1. The van der Waals surface area contributed by atoms with Gasteiger partial charge in [0.05, 0.1) is 11.6 Å². The first-order valence-electron chi connectivity index (χ1n) is 6.86. The minimum Gasteiger partial charge on any atom is -1.00 e. The molecule has 2 aromatic heterocycles. The van der Waals surface area contributed by atoms with Crippen LogP contribution in [0.4, 0.5) is 0 Å². The van der Waals surface area contributed by atoms with Crippen LogP contribution in [0, 0.1) is 0 Å². The molecule has 1 N–H and O–H groups in total. The standard InChI is InChI=1S/C17H14Cl2N2O.2ClH/c18-13-1-3-16(19)15(9-13)17-4-2-14(22-17)11-21-10-12-5-7-20-8-6-12;;/h1-9,21H,10-11H2;2*1H/p-2. The fourth-order valence-electron chi connectivity index (χ4n) is 2.13. The summed E-state index contributed by atoms with van der Waals surface area (Å²) in [5, 5.41) is 4.58. The highest BCUT2D eigenvalue weighted by atomic mass is 35.5. The van der Waals surface area contributed by atoms with E-state index in [1.165, 1.54) is 5.56 Å². The molecule has 0 spiro atoms. The van der Waals surface area contributed by atoms with Crippen molar-refractivity contribution in [3.05, 3.63) is 76.2 Å². The van der Waals surface area contributed by atoms with Crippen LogP contribution in [0.15, 0.2) is 59.3 Å². The SMILES string of the molecule is Clc1ccc(Cl)c(-c2ccc(CNCc3ccncc3)o2)c1.[Cl-].[Cl-]. The predicted molar refractivity (Wildman–Crippen MR) is 88.9 cm³/mol. The second kappa shape index (κ2) is 9.92. The maximum absolute atomic E-state index is 6.18. The summed E-state index contributed by atoms with van der Waals surface area (Å²) in [7, 11) is 0. The summed E-state index contributed by atoms with van der Waals surface area (Å²) in [5.74, 6) is 1.56. The second-order valence-electron chi connectivity index (χ2n) is 4.85. The Morgan fingerprint density at radius 3 is 2.42 bits per heavy atom. The van der Waals surface area contributed by atoms with E-state index in [1.807, 2.05) is 24.3 Å². The highest BCUT2D eigenvalue weighted by molar-refractivity contribution is 6.35. The van der Waals surface area contributed by atoms with Crippen LogP contribution in [0.5, 0.6) is 0 Å². The molecule has 0 saturated heterocycles. The third-order valence-corrected chi connectivity index (χ3v) is 3.80. The van der Waals surface area contributed by atoms with E-state index in [4.69, 9.17) is 27.6 Å². The Morgan fingerprint density at radius 2 is 1.67 bits per heavy atom. The van der Waals surface area contributed by atoms with Crippen molar-refractivity contribution in [1.82, 2.24) is 10.3 Å². The number of benzene rings is 1. The normalized spacial score (nSPS) is 9.92. The molecule has 0 atom stereocenters. The molecule has 0 amide bonds. The van der Waals surface area contributed by atoms with Crippen LogP contribution in [0.2, 0.25) is 10.0 Å². The van der Waals surface area contributed by atoms with Crippen molar-refractivity contribution in [2.45, 2.75) is 13.1 Å². The maximum atomic E-state index is 6.18. The Hall–Kier alpha value is -1.23. The molecule has 0 unspecified atom stereocenters. The molecule has 0 saturated carbocycles. The number of hydrogen-bond donors (Lipinski definition) is 1. The van der Waals surface area contributed by atoms with Crippen LogP contribution < -0.4 is 30.1 Å². The Kier molecular flexibility index (Phi) is 8.60. The molecule has 0 fully saturated rings. The summed E-state index contributed by atoms with van der Waals surface area (Å²) < 4.78 is 5.83. The topological polar surface area (TPSA) is 38.1 Å². The van der Waals surface area contributed by atoms with Crippen molar-refractivity contribution < 1.29 is 29.2 Å². The molecule has 3 rings (SSSR count). The van der Waals surface area contributed by atoms with E-state index >= 15 is 0 Å². The number of hydrogen-bond acceptors (Lipinski definition) is 3. The van der Waals surface area contributed by atoms with Crippen molar-refractivity contribution in [2.75, 3.05) is 0 Å². The Bertz CT molecular complexity index is 762. The third-order valence-electron chi connectivity index (χ3n) is 3.23. The molecule has 24 heavy (non-hydrogen) atoms. The third kappa shape index (κ3) is 5.40. The van der Waals surface area contributed by atoms with Gasteiger partial charge in [0.1, 0.15) is 11.5 Å². The van der Waals surface area contributed by atoms with Gasteiger partial charge in [-0.15, -0.1) is 0 Å². The first kappa shape index (κ1) is 20.8. The highest BCUT2D eigenvalue weighted by Gasteiger charge is 2.09. The number of rotatable bonds is 5. The van der Waals surface area contributed by atoms with E-state index in [0.29, 0.717) is 22.4 Å². The number of nitrogens with zero attached hydrogens (tertiary/aromatic N) is 1. The first-order valence-corrected chi connectivity index (χ1v) is 7.62. The molecule has 3 nitrogen and oxygen atoms in total. The smallest absolute Gasteiger partial charge is 0.135 e. The minimum absolute atomic E-state index is 0. The highest BCUT2D eigenvalue weighted by Crippen LogP contribution is 2.31. The monoisotopic (exact) mass is 402 g/mol. The van der Waals surface area contributed by atoms with Gasteiger partial charge in [0, 0.05) is 29.5 Å². The lowest BCUT2D eigenvalue weighted by molar-refractivity contribution is -0.001000. The number of aromatic nitrogens is 1. The first-order chi connectivity index (χ1) is 10.7. The fourth-order valence-corrected chi connectivity index (χ4v) is 2.52. The van der Waals surface area contributed by atoms with Gasteiger partial charge in [-0.05, 0) is 48.0 Å². The molecular weight excluding hydrogens is 390 g/mol. The van der Waals surface area contributed by atoms with Crippen LogP contribution in [0.1, 0.15) is 11.3 Å². The summed E-state index contributed by atoms with van der Waals surface area (Å²) in [4.78, 5) is 3.99. The molecule has 0 bridgehead atoms. The predicted octanol–water partition coefficient (Wildman–Crippen LogP) is -1.05. The van der Waals surface area contributed by atoms with Crippen LogP contribution in [-0.2, 0) is 13.1 Å².